The van der Waals surface area contributed by atoms with Gasteiger partial charge in [0.1, 0.15) is 11.6 Å². The van der Waals surface area contributed by atoms with Gasteiger partial charge in [0.25, 0.3) is 0 Å². The van der Waals surface area contributed by atoms with E-state index in [0.29, 0.717) is 5.92 Å². The maximum Gasteiger partial charge on any atom is 0.133 e. The molecule has 2 N–H and O–H groups in total. The standard InChI is InChI=1S/C15H28N4/c1-2-3-4-5-6-7-8-14-17-18-15-11-13(12-16)9-10-19(14)15/h13H,2-12,16H2,1H3. The summed E-state index contributed by atoms with van der Waals surface area (Å²) in [5, 5.41) is 8.71. The van der Waals surface area contributed by atoms with Crippen molar-refractivity contribution in [3.8, 4) is 0 Å². The van der Waals surface area contributed by atoms with Gasteiger partial charge < -0.3 is 10.3 Å². The topological polar surface area (TPSA) is 56.7 Å². The summed E-state index contributed by atoms with van der Waals surface area (Å²) in [4.78, 5) is 0. The van der Waals surface area contributed by atoms with Gasteiger partial charge in [0.2, 0.25) is 0 Å². The Morgan fingerprint density at radius 2 is 1.95 bits per heavy atom. The van der Waals surface area contributed by atoms with Crippen molar-refractivity contribution < 1.29 is 0 Å². The highest BCUT2D eigenvalue weighted by atomic mass is 15.3. The van der Waals surface area contributed by atoms with E-state index in [0.717, 1.165) is 31.8 Å². The van der Waals surface area contributed by atoms with E-state index in [1.165, 1.54) is 50.8 Å². The molecule has 108 valence electrons. The third-order valence-corrected chi connectivity index (χ3v) is 4.22. The molecule has 1 aromatic rings. The van der Waals surface area contributed by atoms with E-state index in [2.05, 4.69) is 21.7 Å². The fraction of sp³-hybridized carbons (Fsp3) is 0.867. The Morgan fingerprint density at radius 1 is 1.16 bits per heavy atom. The number of fused-ring (bicyclic) bond motifs is 1. The van der Waals surface area contributed by atoms with Crippen LogP contribution in [0.3, 0.4) is 0 Å². The van der Waals surface area contributed by atoms with Crippen LogP contribution in [0.15, 0.2) is 0 Å². The number of nitrogens with zero attached hydrogens (tertiary/aromatic N) is 3. The number of hydrogen-bond donors (Lipinski definition) is 1. The van der Waals surface area contributed by atoms with E-state index in [-0.39, 0.29) is 0 Å². The van der Waals surface area contributed by atoms with Crippen LogP contribution in [-0.2, 0) is 19.4 Å². The molecule has 0 radical (unpaired) electrons. The molecule has 4 heteroatoms. The average Bonchev–Trinajstić information content (AvgIpc) is 2.85. The van der Waals surface area contributed by atoms with Gasteiger partial charge in [-0.1, -0.05) is 39.0 Å². The van der Waals surface area contributed by atoms with Crippen LogP contribution < -0.4 is 5.73 Å². The van der Waals surface area contributed by atoms with Crippen molar-refractivity contribution in [2.75, 3.05) is 6.54 Å². The molecular formula is C15H28N4. The van der Waals surface area contributed by atoms with Crippen LogP contribution in [0.1, 0.15) is 63.5 Å². The third-order valence-electron chi connectivity index (χ3n) is 4.22. The Morgan fingerprint density at radius 3 is 2.74 bits per heavy atom. The van der Waals surface area contributed by atoms with Crippen molar-refractivity contribution >= 4 is 0 Å². The molecule has 0 saturated carbocycles. The number of aromatic nitrogens is 3. The predicted octanol–water partition coefficient (Wildman–Crippen LogP) is 2.70. The first-order chi connectivity index (χ1) is 9.35. The molecule has 0 spiro atoms. The molecule has 0 bridgehead atoms. The van der Waals surface area contributed by atoms with Gasteiger partial charge >= 0.3 is 0 Å². The molecule has 1 atom stereocenters. The van der Waals surface area contributed by atoms with Gasteiger partial charge in [0.05, 0.1) is 0 Å². The second-order valence-corrected chi connectivity index (χ2v) is 5.80. The summed E-state index contributed by atoms with van der Waals surface area (Å²) in [6.45, 7) is 4.10. The van der Waals surface area contributed by atoms with Crippen molar-refractivity contribution in [3.05, 3.63) is 11.6 Å². The zero-order chi connectivity index (χ0) is 13.5. The van der Waals surface area contributed by atoms with Crippen LogP contribution in [0.5, 0.6) is 0 Å². The number of hydrogen-bond acceptors (Lipinski definition) is 3. The smallest absolute Gasteiger partial charge is 0.133 e. The largest absolute Gasteiger partial charge is 0.330 e. The summed E-state index contributed by atoms with van der Waals surface area (Å²) in [5.74, 6) is 2.96. The summed E-state index contributed by atoms with van der Waals surface area (Å²) in [5.41, 5.74) is 5.75. The van der Waals surface area contributed by atoms with Crippen molar-refractivity contribution in [2.24, 2.45) is 11.7 Å². The zero-order valence-corrected chi connectivity index (χ0v) is 12.3. The minimum atomic E-state index is 0.610. The molecule has 0 fully saturated rings. The quantitative estimate of drug-likeness (QED) is 0.734. The van der Waals surface area contributed by atoms with Gasteiger partial charge in [-0.3, -0.25) is 0 Å². The normalized spacial score (nSPS) is 18.5. The first-order valence-corrected chi connectivity index (χ1v) is 7.96. The monoisotopic (exact) mass is 264 g/mol. The molecule has 1 aromatic heterocycles. The van der Waals surface area contributed by atoms with Crippen molar-refractivity contribution in [1.29, 1.82) is 0 Å². The van der Waals surface area contributed by atoms with Crippen molar-refractivity contribution in [1.82, 2.24) is 14.8 Å². The first kappa shape index (κ1) is 14.5. The van der Waals surface area contributed by atoms with E-state index in [9.17, 15) is 0 Å². The minimum absolute atomic E-state index is 0.610. The summed E-state index contributed by atoms with van der Waals surface area (Å²) in [7, 11) is 0. The van der Waals surface area contributed by atoms with Crippen molar-refractivity contribution in [3.63, 3.8) is 0 Å². The summed E-state index contributed by atoms with van der Waals surface area (Å²) in [6.07, 6.45) is 11.3. The lowest BCUT2D eigenvalue weighted by Crippen LogP contribution is -2.26. The predicted molar refractivity (Wildman–Crippen MR) is 78.0 cm³/mol. The van der Waals surface area contributed by atoms with E-state index in [1.54, 1.807) is 0 Å². The Hall–Kier alpha value is -0.900. The molecule has 19 heavy (non-hydrogen) atoms. The summed E-state index contributed by atoms with van der Waals surface area (Å²) in [6, 6.07) is 0. The molecule has 1 unspecified atom stereocenters. The van der Waals surface area contributed by atoms with E-state index in [1.807, 2.05) is 0 Å². The molecule has 0 aliphatic carbocycles. The Kier molecular flexibility index (Phi) is 5.83. The molecule has 0 aromatic carbocycles. The zero-order valence-electron chi connectivity index (χ0n) is 12.3. The van der Waals surface area contributed by atoms with Crippen LogP contribution in [0.2, 0.25) is 0 Å². The maximum atomic E-state index is 5.75. The van der Waals surface area contributed by atoms with Crippen LogP contribution in [-0.4, -0.2) is 21.3 Å². The van der Waals surface area contributed by atoms with Crippen LogP contribution >= 0.6 is 0 Å². The second kappa shape index (κ2) is 7.63. The SMILES string of the molecule is CCCCCCCCc1nnc2n1CCC(CN)C2. The molecule has 0 amide bonds. The number of nitrogens with two attached hydrogens (primary N) is 1. The van der Waals surface area contributed by atoms with Crippen LogP contribution in [0.4, 0.5) is 0 Å². The summed E-state index contributed by atoms with van der Waals surface area (Å²) < 4.78 is 2.33. The second-order valence-electron chi connectivity index (χ2n) is 5.80. The lowest BCUT2D eigenvalue weighted by Gasteiger charge is -2.22. The fourth-order valence-electron chi connectivity index (χ4n) is 2.90. The third kappa shape index (κ3) is 4.03. The van der Waals surface area contributed by atoms with Crippen LogP contribution in [0, 0.1) is 5.92 Å². The molecule has 0 saturated heterocycles. The van der Waals surface area contributed by atoms with Gasteiger partial charge in [0, 0.05) is 19.4 Å². The lowest BCUT2D eigenvalue weighted by molar-refractivity contribution is 0.383. The number of unbranched alkanes of at least 4 members (excludes halogenated alkanes) is 5. The van der Waals surface area contributed by atoms with Gasteiger partial charge in [-0.05, 0) is 25.3 Å². The van der Waals surface area contributed by atoms with Gasteiger partial charge in [-0.15, -0.1) is 10.2 Å². The molecule has 4 nitrogen and oxygen atoms in total. The first-order valence-electron chi connectivity index (χ1n) is 7.96. The van der Waals surface area contributed by atoms with Crippen molar-refractivity contribution in [2.45, 2.75) is 71.3 Å². The van der Waals surface area contributed by atoms with E-state index < -0.39 is 0 Å². The molecule has 1 aliphatic rings. The minimum Gasteiger partial charge on any atom is -0.330 e. The number of rotatable bonds is 8. The molecule has 1 aliphatic heterocycles. The highest BCUT2D eigenvalue weighted by molar-refractivity contribution is 5.00. The average molecular weight is 264 g/mol. The molecular weight excluding hydrogens is 236 g/mol. The lowest BCUT2D eigenvalue weighted by atomic mass is 9.98. The Bertz CT molecular complexity index is 372. The van der Waals surface area contributed by atoms with Gasteiger partial charge in [0.15, 0.2) is 0 Å². The summed E-state index contributed by atoms with van der Waals surface area (Å²) >= 11 is 0. The Labute approximate surface area is 116 Å². The molecule has 2 heterocycles. The fourth-order valence-corrected chi connectivity index (χ4v) is 2.90. The van der Waals surface area contributed by atoms with E-state index in [4.69, 9.17) is 5.73 Å². The number of aryl methyl sites for hydroxylation is 1. The van der Waals surface area contributed by atoms with Gasteiger partial charge in [-0.25, -0.2) is 0 Å². The van der Waals surface area contributed by atoms with E-state index >= 15 is 0 Å². The molecule has 2 rings (SSSR count). The highest BCUT2D eigenvalue weighted by Crippen LogP contribution is 2.20. The maximum absolute atomic E-state index is 5.75. The van der Waals surface area contributed by atoms with Gasteiger partial charge in [-0.2, -0.15) is 0 Å². The Balaban J connectivity index is 1.75. The van der Waals surface area contributed by atoms with Crippen LogP contribution in [0.25, 0.3) is 0 Å². The highest BCUT2D eigenvalue weighted by Gasteiger charge is 2.21.